The zero-order chi connectivity index (χ0) is 18.3. The van der Waals surface area contributed by atoms with Gasteiger partial charge in [0.1, 0.15) is 0 Å². The summed E-state index contributed by atoms with van der Waals surface area (Å²) < 4.78 is 5.07. The normalized spacial score (nSPS) is 14.6. The number of ether oxygens (including phenoxy) is 1. The lowest BCUT2D eigenvalue weighted by Crippen LogP contribution is -2.05. The number of hydrogen-bond donors (Lipinski definition) is 2. The third kappa shape index (κ3) is 2.58. The van der Waals surface area contributed by atoms with Gasteiger partial charge in [-0.25, -0.2) is 9.78 Å². The number of phenolic OH excluding ortho intramolecular Hbond substituents is 1. The quantitative estimate of drug-likeness (QED) is 0.744. The number of aromatic nitrogens is 1. The molecular weight excluding hydrogens is 330 g/mol. The van der Waals surface area contributed by atoms with Crippen LogP contribution >= 0.6 is 0 Å². The van der Waals surface area contributed by atoms with Gasteiger partial charge in [-0.05, 0) is 53.8 Å². The molecule has 3 aromatic rings. The molecule has 0 radical (unpaired) electrons. The SMILES string of the molecule is COc1ccc(C=C2CCc3c2nc2ccccc2c3C(=O)O)cc1O. The highest BCUT2D eigenvalue weighted by molar-refractivity contribution is 6.06. The minimum absolute atomic E-state index is 0.0674. The first kappa shape index (κ1) is 16.1. The van der Waals surface area contributed by atoms with E-state index in [-0.39, 0.29) is 5.75 Å². The van der Waals surface area contributed by atoms with Gasteiger partial charge in [-0.1, -0.05) is 24.3 Å². The zero-order valence-corrected chi connectivity index (χ0v) is 14.2. The van der Waals surface area contributed by atoms with Crippen LogP contribution in [-0.2, 0) is 6.42 Å². The Morgan fingerprint density at radius 3 is 2.73 bits per heavy atom. The Morgan fingerprint density at radius 1 is 1.19 bits per heavy atom. The first-order chi connectivity index (χ1) is 12.6. The van der Waals surface area contributed by atoms with Crippen molar-refractivity contribution in [2.24, 2.45) is 0 Å². The average Bonchev–Trinajstić information content (AvgIpc) is 3.02. The Balaban J connectivity index is 1.88. The number of allylic oxidation sites excluding steroid dienone is 1. The monoisotopic (exact) mass is 347 g/mol. The van der Waals surface area contributed by atoms with Gasteiger partial charge >= 0.3 is 5.97 Å². The van der Waals surface area contributed by atoms with Gasteiger partial charge in [0, 0.05) is 5.39 Å². The maximum absolute atomic E-state index is 11.9. The van der Waals surface area contributed by atoms with Gasteiger partial charge in [-0.3, -0.25) is 0 Å². The fourth-order valence-corrected chi connectivity index (χ4v) is 3.52. The van der Waals surface area contributed by atoms with E-state index < -0.39 is 5.97 Å². The Morgan fingerprint density at radius 2 is 2.00 bits per heavy atom. The number of pyridine rings is 1. The van der Waals surface area contributed by atoms with Crippen molar-refractivity contribution >= 4 is 28.5 Å². The molecule has 0 amide bonds. The van der Waals surface area contributed by atoms with Crippen LogP contribution < -0.4 is 4.74 Å². The summed E-state index contributed by atoms with van der Waals surface area (Å²) in [5, 5.41) is 20.4. The van der Waals surface area contributed by atoms with Crippen molar-refractivity contribution in [2.45, 2.75) is 12.8 Å². The predicted octanol–water partition coefficient (Wildman–Crippen LogP) is 4.13. The molecule has 2 aromatic carbocycles. The molecule has 1 aliphatic rings. The maximum atomic E-state index is 11.9. The molecule has 0 unspecified atom stereocenters. The van der Waals surface area contributed by atoms with Gasteiger partial charge < -0.3 is 14.9 Å². The standard InChI is InChI=1S/C21H17NO4/c1-26-18-9-6-12(11-17(18)23)10-13-7-8-15-19(21(24)25)14-4-2-3-5-16(14)22-20(13)15/h2-6,9-11,23H,7-8H2,1H3,(H,24,25). The third-order valence-corrected chi connectivity index (χ3v) is 4.70. The van der Waals surface area contributed by atoms with Crippen molar-refractivity contribution in [3.8, 4) is 11.5 Å². The molecule has 1 aliphatic carbocycles. The number of nitrogens with zero attached hydrogens (tertiary/aromatic N) is 1. The second-order valence-corrected chi connectivity index (χ2v) is 6.24. The number of carboxylic acid groups (broad SMARTS) is 1. The number of methoxy groups -OCH3 is 1. The largest absolute Gasteiger partial charge is 0.504 e. The first-order valence-corrected chi connectivity index (χ1v) is 8.31. The number of fused-ring (bicyclic) bond motifs is 2. The molecule has 0 fully saturated rings. The number of hydrogen-bond acceptors (Lipinski definition) is 4. The average molecular weight is 347 g/mol. The summed E-state index contributed by atoms with van der Waals surface area (Å²) in [7, 11) is 1.50. The zero-order valence-electron chi connectivity index (χ0n) is 14.2. The fourth-order valence-electron chi connectivity index (χ4n) is 3.52. The van der Waals surface area contributed by atoms with E-state index in [9.17, 15) is 15.0 Å². The lowest BCUT2D eigenvalue weighted by molar-refractivity contribution is 0.0698. The minimum atomic E-state index is -0.928. The molecule has 26 heavy (non-hydrogen) atoms. The van der Waals surface area contributed by atoms with Crippen molar-refractivity contribution in [3.63, 3.8) is 0 Å². The van der Waals surface area contributed by atoms with Crippen LogP contribution in [0, 0.1) is 0 Å². The molecule has 0 spiro atoms. The summed E-state index contributed by atoms with van der Waals surface area (Å²) in [6.45, 7) is 0. The van der Waals surface area contributed by atoms with Gasteiger partial charge in [0.15, 0.2) is 11.5 Å². The first-order valence-electron chi connectivity index (χ1n) is 8.31. The van der Waals surface area contributed by atoms with Crippen LogP contribution in [0.15, 0.2) is 42.5 Å². The van der Waals surface area contributed by atoms with E-state index in [0.29, 0.717) is 35.1 Å². The molecule has 5 heteroatoms. The molecule has 1 aromatic heterocycles. The number of carboxylic acids is 1. The summed E-state index contributed by atoms with van der Waals surface area (Å²) in [6, 6.07) is 12.5. The lowest BCUT2D eigenvalue weighted by Gasteiger charge is -2.09. The van der Waals surface area contributed by atoms with Crippen LogP contribution in [0.3, 0.4) is 0 Å². The minimum Gasteiger partial charge on any atom is -0.504 e. The summed E-state index contributed by atoms with van der Waals surface area (Å²) in [6.07, 6.45) is 3.30. The molecule has 0 saturated carbocycles. The number of rotatable bonds is 3. The number of aromatic carboxylic acids is 1. The molecule has 0 saturated heterocycles. The van der Waals surface area contributed by atoms with E-state index in [4.69, 9.17) is 9.72 Å². The lowest BCUT2D eigenvalue weighted by atomic mass is 10.0. The van der Waals surface area contributed by atoms with Crippen LogP contribution in [0.4, 0.5) is 0 Å². The molecule has 1 heterocycles. The van der Waals surface area contributed by atoms with E-state index >= 15 is 0 Å². The molecule has 4 rings (SSSR count). The van der Waals surface area contributed by atoms with E-state index in [2.05, 4.69) is 0 Å². The molecule has 130 valence electrons. The summed E-state index contributed by atoms with van der Waals surface area (Å²) in [4.78, 5) is 16.6. The Kier molecular flexibility index (Phi) is 3.84. The highest BCUT2D eigenvalue weighted by Crippen LogP contribution is 2.38. The Hall–Kier alpha value is -3.34. The van der Waals surface area contributed by atoms with Crippen LogP contribution in [0.1, 0.15) is 33.6 Å². The van der Waals surface area contributed by atoms with Crippen LogP contribution in [0.2, 0.25) is 0 Å². The van der Waals surface area contributed by atoms with Gasteiger partial charge in [-0.2, -0.15) is 0 Å². The van der Waals surface area contributed by atoms with Crippen molar-refractivity contribution in [1.29, 1.82) is 0 Å². The molecule has 5 nitrogen and oxygen atoms in total. The summed E-state index contributed by atoms with van der Waals surface area (Å²) in [5.41, 5.74) is 4.31. The number of aromatic hydroxyl groups is 1. The number of benzene rings is 2. The summed E-state index contributed by atoms with van der Waals surface area (Å²) >= 11 is 0. The van der Waals surface area contributed by atoms with Gasteiger partial charge in [0.05, 0.1) is 23.9 Å². The van der Waals surface area contributed by atoms with Crippen molar-refractivity contribution in [1.82, 2.24) is 4.98 Å². The third-order valence-electron chi connectivity index (χ3n) is 4.70. The van der Waals surface area contributed by atoms with Gasteiger partial charge in [-0.15, -0.1) is 0 Å². The van der Waals surface area contributed by atoms with E-state index in [1.807, 2.05) is 30.3 Å². The second-order valence-electron chi connectivity index (χ2n) is 6.24. The maximum Gasteiger partial charge on any atom is 0.336 e. The van der Waals surface area contributed by atoms with Gasteiger partial charge in [0.25, 0.3) is 0 Å². The van der Waals surface area contributed by atoms with Crippen LogP contribution in [0.5, 0.6) is 11.5 Å². The van der Waals surface area contributed by atoms with Gasteiger partial charge in [0.2, 0.25) is 0 Å². The Bertz CT molecular complexity index is 1070. The van der Waals surface area contributed by atoms with E-state index in [1.165, 1.54) is 7.11 Å². The second kappa shape index (κ2) is 6.19. The Labute approximate surface area is 150 Å². The van der Waals surface area contributed by atoms with E-state index in [1.54, 1.807) is 18.2 Å². The van der Waals surface area contributed by atoms with Crippen LogP contribution in [0.25, 0.3) is 22.6 Å². The smallest absolute Gasteiger partial charge is 0.336 e. The number of carbonyl (C=O) groups is 1. The van der Waals surface area contributed by atoms with Crippen molar-refractivity contribution < 1.29 is 19.7 Å². The highest BCUT2D eigenvalue weighted by atomic mass is 16.5. The fraction of sp³-hybridized carbons (Fsp3) is 0.143. The predicted molar refractivity (Wildman–Crippen MR) is 99.6 cm³/mol. The van der Waals surface area contributed by atoms with Crippen molar-refractivity contribution in [3.05, 3.63) is 64.8 Å². The summed E-state index contributed by atoms with van der Waals surface area (Å²) in [5.74, 6) is -0.447. The molecular formula is C21H17NO4. The number of phenols is 1. The molecule has 0 atom stereocenters. The topological polar surface area (TPSA) is 79.7 Å². The molecule has 0 aliphatic heterocycles. The number of para-hydroxylation sites is 1. The molecule has 0 bridgehead atoms. The van der Waals surface area contributed by atoms with Crippen molar-refractivity contribution in [2.75, 3.05) is 7.11 Å². The highest BCUT2D eigenvalue weighted by Gasteiger charge is 2.26. The van der Waals surface area contributed by atoms with E-state index in [0.717, 1.165) is 22.4 Å². The molecule has 2 N–H and O–H groups in total. The van der Waals surface area contributed by atoms with Crippen LogP contribution in [-0.4, -0.2) is 28.3 Å².